The van der Waals surface area contributed by atoms with Crippen LogP contribution < -0.4 is 10.1 Å². The van der Waals surface area contributed by atoms with E-state index in [0.717, 1.165) is 11.1 Å². The summed E-state index contributed by atoms with van der Waals surface area (Å²) in [6.45, 7) is 2.64. The second-order valence-electron chi connectivity index (χ2n) is 5.95. The van der Waals surface area contributed by atoms with Crippen LogP contribution in [0.15, 0.2) is 71.3 Å². The smallest absolute Gasteiger partial charge is 0.252 e. The van der Waals surface area contributed by atoms with E-state index in [4.69, 9.17) is 20.8 Å². The molecule has 0 fully saturated rings. The fourth-order valence-corrected chi connectivity index (χ4v) is 2.68. The lowest BCUT2D eigenvalue weighted by Gasteiger charge is -2.11. The van der Waals surface area contributed by atoms with Gasteiger partial charge in [-0.15, -0.1) is 0 Å². The van der Waals surface area contributed by atoms with E-state index in [1.807, 2.05) is 49.4 Å². The van der Waals surface area contributed by atoms with Crippen molar-refractivity contribution in [1.29, 1.82) is 0 Å². The second-order valence-corrected chi connectivity index (χ2v) is 6.36. The molecule has 0 aliphatic rings. The van der Waals surface area contributed by atoms with E-state index in [1.54, 1.807) is 30.5 Å². The number of rotatable bonds is 7. The molecule has 3 aromatic rings. The molecule has 5 heteroatoms. The van der Waals surface area contributed by atoms with E-state index in [0.29, 0.717) is 35.3 Å². The third-order valence-corrected chi connectivity index (χ3v) is 4.37. The minimum Gasteiger partial charge on any atom is -0.492 e. The summed E-state index contributed by atoms with van der Waals surface area (Å²) in [5, 5.41) is 3.54. The average molecular weight is 382 g/mol. The number of hydrogen-bond acceptors (Lipinski definition) is 3. The van der Waals surface area contributed by atoms with Crippen LogP contribution in [-0.2, 0) is 4.79 Å². The third kappa shape index (κ3) is 5.25. The van der Waals surface area contributed by atoms with Crippen molar-refractivity contribution in [3.8, 4) is 5.75 Å². The Hall–Kier alpha value is -2.98. The highest BCUT2D eigenvalue weighted by atomic mass is 35.5. The maximum atomic E-state index is 12.7. The summed E-state index contributed by atoms with van der Waals surface area (Å²) in [7, 11) is 0. The largest absolute Gasteiger partial charge is 0.492 e. The molecule has 0 bridgehead atoms. The van der Waals surface area contributed by atoms with Gasteiger partial charge < -0.3 is 14.5 Å². The van der Waals surface area contributed by atoms with Gasteiger partial charge in [0, 0.05) is 5.02 Å². The highest BCUT2D eigenvalue weighted by molar-refractivity contribution is 6.31. The lowest BCUT2D eigenvalue weighted by atomic mass is 10.0. The van der Waals surface area contributed by atoms with Crippen LogP contribution in [-0.4, -0.2) is 19.1 Å². The van der Waals surface area contributed by atoms with Crippen molar-refractivity contribution < 1.29 is 13.9 Å². The number of hydrogen-bond donors (Lipinski definition) is 1. The number of furan rings is 1. The van der Waals surface area contributed by atoms with Crippen molar-refractivity contribution in [1.82, 2.24) is 5.32 Å². The fraction of sp³-hybridized carbons (Fsp3) is 0.136. The van der Waals surface area contributed by atoms with Gasteiger partial charge in [0.05, 0.1) is 18.4 Å². The van der Waals surface area contributed by atoms with E-state index in [9.17, 15) is 4.79 Å². The highest BCUT2D eigenvalue weighted by Gasteiger charge is 2.12. The summed E-state index contributed by atoms with van der Waals surface area (Å²) in [6, 6.07) is 18.6. The van der Waals surface area contributed by atoms with Crippen molar-refractivity contribution >= 4 is 29.2 Å². The van der Waals surface area contributed by atoms with Gasteiger partial charge in [0.2, 0.25) is 0 Å². The summed E-state index contributed by atoms with van der Waals surface area (Å²) in [5.41, 5.74) is 2.34. The van der Waals surface area contributed by atoms with Crippen molar-refractivity contribution in [3.05, 3.63) is 88.8 Å². The zero-order chi connectivity index (χ0) is 19.1. The molecule has 0 unspecified atom stereocenters. The Labute approximate surface area is 163 Å². The molecule has 0 saturated carbocycles. The molecule has 0 atom stereocenters. The lowest BCUT2D eigenvalue weighted by molar-refractivity contribution is -0.115. The molecular formula is C22H20ClNO3. The van der Waals surface area contributed by atoms with Gasteiger partial charge in [-0.1, -0.05) is 48.0 Å². The molecule has 4 nitrogen and oxygen atoms in total. The number of ether oxygens (including phenoxy) is 1. The molecule has 1 N–H and O–H groups in total. The molecular weight excluding hydrogens is 362 g/mol. The van der Waals surface area contributed by atoms with Crippen LogP contribution in [0.25, 0.3) is 11.6 Å². The topological polar surface area (TPSA) is 51.5 Å². The first-order chi connectivity index (χ1) is 13.1. The van der Waals surface area contributed by atoms with Gasteiger partial charge in [-0.3, -0.25) is 4.79 Å². The zero-order valence-corrected chi connectivity index (χ0v) is 15.7. The first-order valence-electron chi connectivity index (χ1n) is 8.61. The molecule has 1 aromatic heterocycles. The molecule has 0 aliphatic heterocycles. The maximum Gasteiger partial charge on any atom is 0.252 e. The van der Waals surface area contributed by atoms with E-state index < -0.39 is 0 Å². The van der Waals surface area contributed by atoms with Crippen LogP contribution in [0, 0.1) is 6.92 Å². The second kappa shape index (κ2) is 9.10. The van der Waals surface area contributed by atoms with E-state index >= 15 is 0 Å². The van der Waals surface area contributed by atoms with Crippen LogP contribution in [0.4, 0.5) is 0 Å². The monoisotopic (exact) mass is 381 g/mol. The van der Waals surface area contributed by atoms with E-state index in [-0.39, 0.29) is 5.91 Å². The van der Waals surface area contributed by atoms with Crippen LogP contribution in [0.1, 0.15) is 16.9 Å². The van der Waals surface area contributed by atoms with Gasteiger partial charge >= 0.3 is 0 Å². The Bertz CT molecular complexity index is 918. The molecule has 138 valence electrons. The predicted molar refractivity (Wildman–Crippen MR) is 108 cm³/mol. The van der Waals surface area contributed by atoms with Crippen molar-refractivity contribution in [2.24, 2.45) is 0 Å². The Morgan fingerprint density at radius 3 is 2.67 bits per heavy atom. The standard InChI is InChI=1S/C22H20ClNO3/c1-16-9-10-19(15-21(16)23)27-13-11-24-22(25)20(14-18-8-5-12-26-18)17-6-3-2-4-7-17/h2-10,12,14-15H,11,13H2,1H3,(H,24,25)/b20-14+. The SMILES string of the molecule is Cc1ccc(OCCNC(=O)/C(=C/c2ccco2)c2ccccc2)cc1Cl. The van der Waals surface area contributed by atoms with Gasteiger partial charge in [0.25, 0.3) is 5.91 Å². The number of nitrogens with one attached hydrogen (secondary N) is 1. The van der Waals surface area contributed by atoms with Crippen LogP contribution in [0.5, 0.6) is 5.75 Å². The summed E-state index contributed by atoms with van der Waals surface area (Å²) in [6.07, 6.45) is 3.30. The molecule has 3 rings (SSSR count). The van der Waals surface area contributed by atoms with Crippen molar-refractivity contribution in [2.75, 3.05) is 13.2 Å². The number of aryl methyl sites for hydroxylation is 1. The molecule has 0 aliphatic carbocycles. The summed E-state index contributed by atoms with van der Waals surface area (Å²) < 4.78 is 11.0. The predicted octanol–water partition coefficient (Wildman–Crippen LogP) is 4.98. The van der Waals surface area contributed by atoms with Crippen molar-refractivity contribution in [3.63, 3.8) is 0 Å². The quantitative estimate of drug-likeness (QED) is 0.464. The van der Waals surface area contributed by atoms with E-state index in [1.165, 1.54) is 0 Å². The maximum absolute atomic E-state index is 12.7. The Morgan fingerprint density at radius 1 is 1.15 bits per heavy atom. The number of amides is 1. The number of benzene rings is 2. The minimum absolute atomic E-state index is 0.192. The first kappa shape index (κ1) is 18.8. The van der Waals surface area contributed by atoms with Crippen LogP contribution in [0.2, 0.25) is 5.02 Å². The molecule has 2 aromatic carbocycles. The summed E-state index contributed by atoms with van der Waals surface area (Å²) in [4.78, 5) is 12.7. The number of carbonyl (C=O) groups is 1. The first-order valence-corrected chi connectivity index (χ1v) is 8.99. The zero-order valence-electron chi connectivity index (χ0n) is 14.9. The highest BCUT2D eigenvalue weighted by Crippen LogP contribution is 2.22. The molecule has 0 radical (unpaired) electrons. The Morgan fingerprint density at radius 2 is 1.96 bits per heavy atom. The van der Waals surface area contributed by atoms with Gasteiger partial charge in [-0.05, 0) is 48.4 Å². The molecule has 1 amide bonds. The third-order valence-electron chi connectivity index (χ3n) is 3.96. The Kier molecular flexibility index (Phi) is 6.34. The summed E-state index contributed by atoms with van der Waals surface area (Å²) in [5.74, 6) is 1.10. The average Bonchev–Trinajstić information content (AvgIpc) is 3.20. The molecule has 0 spiro atoms. The fourth-order valence-electron chi connectivity index (χ4n) is 2.51. The molecule has 1 heterocycles. The minimum atomic E-state index is -0.192. The van der Waals surface area contributed by atoms with Gasteiger partial charge in [0.1, 0.15) is 18.1 Å². The van der Waals surface area contributed by atoms with E-state index in [2.05, 4.69) is 5.32 Å². The molecule has 27 heavy (non-hydrogen) atoms. The van der Waals surface area contributed by atoms with Crippen molar-refractivity contribution in [2.45, 2.75) is 6.92 Å². The normalized spacial score (nSPS) is 11.3. The summed E-state index contributed by atoms with van der Waals surface area (Å²) >= 11 is 6.09. The number of halogens is 1. The number of carbonyl (C=O) groups excluding carboxylic acids is 1. The van der Waals surface area contributed by atoms with Crippen LogP contribution >= 0.6 is 11.6 Å². The van der Waals surface area contributed by atoms with Gasteiger partial charge in [-0.2, -0.15) is 0 Å². The molecule has 0 saturated heterocycles. The lowest BCUT2D eigenvalue weighted by Crippen LogP contribution is -2.28. The Balaban J connectivity index is 1.62. The van der Waals surface area contributed by atoms with Gasteiger partial charge in [0.15, 0.2) is 0 Å². The van der Waals surface area contributed by atoms with Gasteiger partial charge in [-0.25, -0.2) is 0 Å². The van der Waals surface area contributed by atoms with Crippen LogP contribution in [0.3, 0.4) is 0 Å².